The lowest BCUT2D eigenvalue weighted by molar-refractivity contribution is 0.275. The van der Waals surface area contributed by atoms with Gasteiger partial charge in [0, 0.05) is 18.2 Å². The summed E-state index contributed by atoms with van der Waals surface area (Å²) < 4.78 is 13.2. The molecule has 0 aromatic heterocycles. The van der Waals surface area contributed by atoms with E-state index in [1.165, 1.54) is 6.07 Å². The molecule has 1 rings (SSSR count). The molecule has 6 heteroatoms. The van der Waals surface area contributed by atoms with Gasteiger partial charge < -0.3 is 15.9 Å². The third kappa shape index (κ3) is 3.61. The molecule has 4 N–H and O–H groups in total. The number of aliphatic hydroxyl groups excluding tert-OH is 1. The maximum atomic E-state index is 12.9. The molecule has 0 unspecified atom stereocenters. The first-order valence-corrected chi connectivity index (χ1v) is 4.90. The molecule has 1 atom stereocenters. The van der Waals surface area contributed by atoms with Crippen molar-refractivity contribution in [1.29, 1.82) is 0 Å². The number of benzene rings is 1. The second kappa shape index (κ2) is 6.27. The first-order valence-electron chi connectivity index (χ1n) is 4.10. The predicted octanol–water partition coefficient (Wildman–Crippen LogP) is 2.10. The second-order valence-corrected chi connectivity index (χ2v) is 3.80. The Morgan fingerprint density at radius 2 is 2.07 bits per heavy atom. The van der Waals surface area contributed by atoms with E-state index in [2.05, 4.69) is 15.9 Å². The summed E-state index contributed by atoms with van der Waals surface area (Å²) in [6.07, 6.45) is 0.281. The van der Waals surface area contributed by atoms with Crippen LogP contribution in [0.4, 0.5) is 4.39 Å². The van der Waals surface area contributed by atoms with Crippen LogP contribution >= 0.6 is 28.3 Å². The van der Waals surface area contributed by atoms with Crippen LogP contribution in [0.5, 0.6) is 5.75 Å². The fourth-order valence-corrected chi connectivity index (χ4v) is 1.61. The van der Waals surface area contributed by atoms with Crippen molar-refractivity contribution in [3.63, 3.8) is 0 Å². The van der Waals surface area contributed by atoms with Crippen LogP contribution in [-0.2, 0) is 0 Å². The highest BCUT2D eigenvalue weighted by atomic mass is 79.9. The first kappa shape index (κ1) is 14.6. The summed E-state index contributed by atoms with van der Waals surface area (Å²) in [5.74, 6) is -0.551. The largest absolute Gasteiger partial charge is 0.506 e. The third-order valence-corrected chi connectivity index (χ3v) is 2.50. The number of nitrogens with two attached hydrogens (primary N) is 1. The van der Waals surface area contributed by atoms with Crippen LogP contribution in [0.2, 0.25) is 0 Å². The van der Waals surface area contributed by atoms with Crippen LogP contribution in [0.25, 0.3) is 0 Å². The van der Waals surface area contributed by atoms with Gasteiger partial charge in [0.25, 0.3) is 0 Å². The van der Waals surface area contributed by atoms with Gasteiger partial charge in [0.2, 0.25) is 0 Å². The van der Waals surface area contributed by atoms with Gasteiger partial charge in [-0.25, -0.2) is 4.39 Å². The summed E-state index contributed by atoms with van der Waals surface area (Å²) in [4.78, 5) is 0. The van der Waals surface area contributed by atoms with Crippen LogP contribution in [0, 0.1) is 5.82 Å². The van der Waals surface area contributed by atoms with E-state index >= 15 is 0 Å². The number of phenolic OH excluding ortho intramolecular Hbond substituents is 1. The van der Waals surface area contributed by atoms with Gasteiger partial charge in [-0.3, -0.25) is 0 Å². The van der Waals surface area contributed by atoms with Crippen molar-refractivity contribution in [2.45, 2.75) is 12.5 Å². The van der Waals surface area contributed by atoms with Gasteiger partial charge in [-0.05, 0) is 34.5 Å². The summed E-state index contributed by atoms with van der Waals surface area (Å²) in [7, 11) is 0. The number of hydrogen-bond acceptors (Lipinski definition) is 3. The minimum absolute atomic E-state index is 0. The van der Waals surface area contributed by atoms with Gasteiger partial charge in [0.05, 0.1) is 4.47 Å². The summed E-state index contributed by atoms with van der Waals surface area (Å²) in [6, 6.07) is 1.76. The molecule has 0 amide bonds. The maximum absolute atomic E-state index is 12.9. The number of phenols is 1. The predicted molar refractivity (Wildman–Crippen MR) is 61.6 cm³/mol. The average Bonchev–Trinajstić information content (AvgIpc) is 2.11. The van der Waals surface area contributed by atoms with Crippen LogP contribution in [-0.4, -0.2) is 16.8 Å². The van der Waals surface area contributed by atoms with Gasteiger partial charge >= 0.3 is 0 Å². The van der Waals surface area contributed by atoms with Gasteiger partial charge in [-0.2, -0.15) is 0 Å². The molecule has 0 aliphatic carbocycles. The highest BCUT2D eigenvalue weighted by Crippen LogP contribution is 2.33. The lowest BCUT2D eigenvalue weighted by Crippen LogP contribution is -2.12. The zero-order valence-corrected chi connectivity index (χ0v) is 10.2. The summed E-state index contributed by atoms with van der Waals surface area (Å²) in [5, 5.41) is 18.2. The van der Waals surface area contributed by atoms with Gasteiger partial charge in [0.1, 0.15) is 11.6 Å². The highest BCUT2D eigenvalue weighted by Gasteiger charge is 2.14. The molecule has 0 aliphatic rings. The smallest absolute Gasteiger partial charge is 0.134 e. The first-order chi connectivity index (χ1) is 6.56. The molecule has 0 fully saturated rings. The van der Waals surface area contributed by atoms with Crippen molar-refractivity contribution in [2.75, 3.05) is 6.61 Å². The van der Waals surface area contributed by atoms with Crippen molar-refractivity contribution >= 4 is 28.3 Å². The van der Waals surface area contributed by atoms with E-state index < -0.39 is 11.9 Å². The minimum Gasteiger partial charge on any atom is -0.506 e. The third-order valence-electron chi connectivity index (χ3n) is 1.90. The average molecular weight is 301 g/mol. The van der Waals surface area contributed by atoms with E-state index in [-0.39, 0.29) is 35.7 Å². The van der Waals surface area contributed by atoms with Crippen LogP contribution in [0.15, 0.2) is 16.6 Å². The molecular weight excluding hydrogens is 288 g/mol. The highest BCUT2D eigenvalue weighted by molar-refractivity contribution is 9.10. The summed E-state index contributed by atoms with van der Waals surface area (Å²) in [6.45, 7) is -0.102. The van der Waals surface area contributed by atoms with E-state index in [0.29, 0.717) is 5.56 Å². The van der Waals surface area contributed by atoms with Gasteiger partial charge in [-0.15, -0.1) is 12.4 Å². The van der Waals surface area contributed by atoms with Crippen LogP contribution in [0.3, 0.4) is 0 Å². The zero-order valence-electron chi connectivity index (χ0n) is 7.78. The Bertz CT molecular complexity index is 338. The SMILES string of the molecule is Cl.N[C@@H](CCO)c1cc(F)cc(Br)c1O. The molecular formula is C9H12BrClFNO2. The molecule has 86 valence electrons. The Morgan fingerprint density at radius 3 is 2.60 bits per heavy atom. The van der Waals surface area contributed by atoms with Crippen molar-refractivity contribution in [2.24, 2.45) is 5.73 Å². The minimum atomic E-state index is -0.563. The number of aromatic hydroxyl groups is 1. The molecule has 1 aromatic rings. The molecule has 0 aliphatic heterocycles. The fourth-order valence-electron chi connectivity index (χ4n) is 1.16. The monoisotopic (exact) mass is 299 g/mol. The summed E-state index contributed by atoms with van der Waals surface area (Å²) in [5.41, 5.74) is 5.93. The Balaban J connectivity index is 0.00000196. The molecule has 0 radical (unpaired) electrons. The number of hydrogen-bond donors (Lipinski definition) is 3. The van der Waals surface area contributed by atoms with Crippen LogP contribution < -0.4 is 5.73 Å². The van der Waals surface area contributed by atoms with Crippen LogP contribution in [0.1, 0.15) is 18.0 Å². The van der Waals surface area contributed by atoms with E-state index in [4.69, 9.17) is 10.8 Å². The van der Waals surface area contributed by atoms with E-state index in [1.54, 1.807) is 0 Å². The molecule has 15 heavy (non-hydrogen) atoms. The maximum Gasteiger partial charge on any atom is 0.134 e. The molecule has 0 saturated heterocycles. The van der Waals surface area contributed by atoms with Crippen molar-refractivity contribution in [3.05, 3.63) is 28.0 Å². The quantitative estimate of drug-likeness (QED) is 0.801. The van der Waals surface area contributed by atoms with E-state index in [0.717, 1.165) is 6.07 Å². The molecule has 3 nitrogen and oxygen atoms in total. The van der Waals surface area contributed by atoms with E-state index in [1.807, 2.05) is 0 Å². The van der Waals surface area contributed by atoms with Crippen molar-refractivity contribution in [3.8, 4) is 5.75 Å². The lowest BCUT2D eigenvalue weighted by atomic mass is 10.0. The number of aliphatic hydroxyl groups is 1. The van der Waals surface area contributed by atoms with Crippen molar-refractivity contribution < 1.29 is 14.6 Å². The Hall–Kier alpha value is -0.360. The summed E-state index contributed by atoms with van der Waals surface area (Å²) >= 11 is 3.01. The van der Waals surface area contributed by atoms with Gasteiger partial charge in [-0.1, -0.05) is 0 Å². The number of rotatable bonds is 3. The van der Waals surface area contributed by atoms with Crippen molar-refractivity contribution in [1.82, 2.24) is 0 Å². The molecule has 0 spiro atoms. The second-order valence-electron chi connectivity index (χ2n) is 2.94. The fraction of sp³-hybridized carbons (Fsp3) is 0.333. The Kier molecular flexibility index (Phi) is 6.12. The standard InChI is InChI=1S/C9H11BrFNO2.ClH/c10-7-4-5(11)3-6(9(7)14)8(12)1-2-13;/h3-4,8,13-14H,1-2,12H2;1H/t8-;/m0./s1. The molecule has 0 heterocycles. The zero-order chi connectivity index (χ0) is 10.7. The topological polar surface area (TPSA) is 66.5 Å². The molecule has 0 saturated carbocycles. The number of halogens is 3. The Labute approximate surface area is 102 Å². The lowest BCUT2D eigenvalue weighted by Gasteiger charge is -2.13. The normalized spacial score (nSPS) is 12.0. The Morgan fingerprint density at radius 1 is 1.47 bits per heavy atom. The van der Waals surface area contributed by atoms with E-state index in [9.17, 15) is 9.50 Å². The molecule has 0 bridgehead atoms. The molecule has 1 aromatic carbocycles. The van der Waals surface area contributed by atoms with Gasteiger partial charge in [0.15, 0.2) is 0 Å².